The molecule has 0 aromatic heterocycles. The van der Waals surface area contributed by atoms with E-state index in [-0.39, 0.29) is 41.7 Å². The topological polar surface area (TPSA) is 110 Å². The van der Waals surface area contributed by atoms with Gasteiger partial charge in [-0.15, -0.1) is 11.6 Å². The Kier molecular flexibility index (Phi) is 6.92. The molecule has 4 aliphatic carbocycles. The van der Waals surface area contributed by atoms with Crippen LogP contribution in [0.15, 0.2) is 23.3 Å². The van der Waals surface area contributed by atoms with Crippen LogP contribution in [-0.4, -0.2) is 57.7 Å². The zero-order valence-electron chi connectivity index (χ0n) is 23.0. The molecule has 5 aliphatic rings. The van der Waals surface area contributed by atoms with Gasteiger partial charge in [0.15, 0.2) is 5.78 Å². The summed E-state index contributed by atoms with van der Waals surface area (Å²) in [7, 11) is 0. The number of carbonyl (C=O) groups is 3. The summed E-state index contributed by atoms with van der Waals surface area (Å²) in [6.07, 6.45) is 5.40. The number of allylic oxidation sites excluding steroid dienone is 1. The standard InChI is InChI=1S/C30H41ClO7/c1-15-12-23(38-27(36)19(15)14-37-17(3)32)16(2)20-6-7-21-18-13-26(35)30(31)25(34)9-8-24(33)29(30,5)22(18)10-11-28(20,21)4/h8-9,16,18,20-23,25-26,34-35H,6-7,10-14H2,1-5H3/t16-,18-,20+,21-,22-,23+,25-,26-,28+,29-,30+/m0/s1. The summed E-state index contributed by atoms with van der Waals surface area (Å²) in [5.74, 6) is -0.0356. The molecule has 210 valence electrons. The van der Waals surface area contributed by atoms with Gasteiger partial charge in [0.2, 0.25) is 0 Å². The van der Waals surface area contributed by atoms with Gasteiger partial charge in [-0.1, -0.05) is 32.4 Å². The lowest BCUT2D eigenvalue weighted by Gasteiger charge is -2.63. The number of ketones is 1. The maximum Gasteiger partial charge on any atom is 0.337 e. The van der Waals surface area contributed by atoms with Crippen molar-refractivity contribution >= 4 is 29.3 Å². The fourth-order valence-electron chi connectivity index (χ4n) is 9.42. The molecule has 0 aromatic carbocycles. The highest BCUT2D eigenvalue weighted by molar-refractivity contribution is 6.28. The fraction of sp³-hybridized carbons (Fsp3) is 0.767. The summed E-state index contributed by atoms with van der Waals surface area (Å²) >= 11 is 7.02. The summed E-state index contributed by atoms with van der Waals surface area (Å²) in [5, 5.41) is 22.2. The average molecular weight is 549 g/mol. The number of aliphatic hydroxyl groups excluding tert-OH is 2. The maximum atomic E-state index is 13.4. The molecule has 11 atom stereocenters. The van der Waals surface area contributed by atoms with Gasteiger partial charge in [0.1, 0.15) is 17.6 Å². The van der Waals surface area contributed by atoms with E-state index in [0.717, 1.165) is 31.3 Å². The molecule has 3 saturated carbocycles. The molecular weight excluding hydrogens is 508 g/mol. The first-order valence-electron chi connectivity index (χ1n) is 14.1. The number of fused-ring (bicyclic) bond motifs is 5. The summed E-state index contributed by atoms with van der Waals surface area (Å²) < 4.78 is 11.0. The minimum Gasteiger partial charge on any atom is -0.461 e. The van der Waals surface area contributed by atoms with Crippen LogP contribution in [0.3, 0.4) is 0 Å². The Morgan fingerprint density at radius 2 is 1.92 bits per heavy atom. The second kappa shape index (κ2) is 9.45. The Hall–Kier alpha value is -1.70. The van der Waals surface area contributed by atoms with Crippen molar-refractivity contribution in [2.24, 2.45) is 40.4 Å². The van der Waals surface area contributed by atoms with E-state index in [1.807, 2.05) is 13.8 Å². The van der Waals surface area contributed by atoms with Gasteiger partial charge in [0, 0.05) is 13.3 Å². The van der Waals surface area contributed by atoms with Gasteiger partial charge in [-0.2, -0.15) is 0 Å². The zero-order chi connectivity index (χ0) is 27.8. The number of halogens is 1. The summed E-state index contributed by atoms with van der Waals surface area (Å²) in [4.78, 5) is 36.0. The van der Waals surface area contributed by atoms with Crippen LogP contribution in [0.1, 0.15) is 73.1 Å². The fourth-order valence-corrected chi connectivity index (χ4v) is 9.82. The minimum absolute atomic E-state index is 0.0100. The Morgan fingerprint density at radius 3 is 2.58 bits per heavy atom. The van der Waals surface area contributed by atoms with Gasteiger partial charge in [-0.05, 0) is 80.1 Å². The lowest BCUT2D eigenvalue weighted by atomic mass is 9.43. The Balaban J connectivity index is 1.38. The minimum atomic E-state index is -1.41. The van der Waals surface area contributed by atoms with E-state index in [1.54, 1.807) is 0 Å². The first-order chi connectivity index (χ1) is 17.8. The molecule has 0 unspecified atom stereocenters. The number of esters is 2. The highest BCUT2D eigenvalue weighted by Gasteiger charge is 2.71. The third-order valence-electron chi connectivity index (χ3n) is 11.6. The number of cyclic esters (lactones) is 1. The number of hydrogen-bond acceptors (Lipinski definition) is 7. The van der Waals surface area contributed by atoms with E-state index in [2.05, 4.69) is 13.8 Å². The SMILES string of the molecule is CC(=O)OCC1=C(C)C[C@H]([C@@H](C)[C@H]2CC[C@H]3[C@@H]4C[C@H](O)[C@]5(Cl)[C@@H](O)C=CC(=O)[C@]5(C)[C@H]4CC[C@]23C)OC1=O. The van der Waals surface area contributed by atoms with Crippen LogP contribution in [0.5, 0.6) is 0 Å². The van der Waals surface area contributed by atoms with Crippen molar-refractivity contribution < 1.29 is 34.1 Å². The molecule has 38 heavy (non-hydrogen) atoms. The molecule has 5 rings (SSSR count). The van der Waals surface area contributed by atoms with Crippen LogP contribution in [0, 0.1) is 40.4 Å². The molecule has 0 saturated heterocycles. The molecule has 0 amide bonds. The molecule has 1 aliphatic heterocycles. The van der Waals surface area contributed by atoms with E-state index in [0.29, 0.717) is 30.3 Å². The first-order valence-corrected chi connectivity index (χ1v) is 14.4. The van der Waals surface area contributed by atoms with Gasteiger partial charge >= 0.3 is 11.9 Å². The largest absolute Gasteiger partial charge is 0.461 e. The van der Waals surface area contributed by atoms with Crippen molar-refractivity contribution in [2.45, 2.75) is 96.3 Å². The molecule has 1 heterocycles. The second-order valence-electron chi connectivity index (χ2n) is 13.0. The Bertz CT molecular complexity index is 1100. The van der Waals surface area contributed by atoms with Crippen molar-refractivity contribution in [1.29, 1.82) is 0 Å². The van der Waals surface area contributed by atoms with Crippen LogP contribution < -0.4 is 0 Å². The van der Waals surface area contributed by atoms with Crippen molar-refractivity contribution in [3.8, 4) is 0 Å². The number of ether oxygens (including phenoxy) is 2. The maximum absolute atomic E-state index is 13.4. The highest BCUT2D eigenvalue weighted by Crippen LogP contribution is 2.69. The smallest absolute Gasteiger partial charge is 0.337 e. The normalized spacial score (nSPS) is 47.1. The molecule has 2 N–H and O–H groups in total. The van der Waals surface area contributed by atoms with E-state index in [1.165, 1.54) is 19.1 Å². The zero-order valence-corrected chi connectivity index (χ0v) is 23.8. The predicted octanol–water partition coefficient (Wildman–Crippen LogP) is 4.12. The summed E-state index contributed by atoms with van der Waals surface area (Å²) in [5.41, 5.74) is 0.292. The molecule has 3 fully saturated rings. The van der Waals surface area contributed by atoms with Crippen LogP contribution in [0.25, 0.3) is 0 Å². The number of aliphatic hydroxyl groups is 2. The average Bonchev–Trinajstić information content (AvgIpc) is 3.20. The van der Waals surface area contributed by atoms with E-state index in [4.69, 9.17) is 21.1 Å². The Morgan fingerprint density at radius 1 is 1.21 bits per heavy atom. The summed E-state index contributed by atoms with van der Waals surface area (Å²) in [6, 6.07) is 0. The van der Waals surface area contributed by atoms with E-state index in [9.17, 15) is 24.6 Å². The molecule has 8 heteroatoms. The van der Waals surface area contributed by atoms with Gasteiger partial charge in [0.25, 0.3) is 0 Å². The van der Waals surface area contributed by atoms with Gasteiger partial charge in [0.05, 0.1) is 23.2 Å². The van der Waals surface area contributed by atoms with Crippen LogP contribution in [0.2, 0.25) is 0 Å². The van der Waals surface area contributed by atoms with Crippen LogP contribution >= 0.6 is 11.6 Å². The molecule has 7 nitrogen and oxygen atoms in total. The quantitative estimate of drug-likeness (QED) is 0.401. The number of hydrogen-bond donors (Lipinski definition) is 2. The lowest BCUT2D eigenvalue weighted by Crippen LogP contribution is -2.71. The Labute approximate surface area is 230 Å². The number of alkyl halides is 1. The van der Waals surface area contributed by atoms with Crippen molar-refractivity contribution in [2.75, 3.05) is 6.61 Å². The van der Waals surface area contributed by atoms with Crippen molar-refractivity contribution in [3.05, 3.63) is 23.3 Å². The molecule has 0 bridgehead atoms. The molecule has 0 spiro atoms. The van der Waals surface area contributed by atoms with Gasteiger partial charge < -0.3 is 19.7 Å². The predicted molar refractivity (Wildman–Crippen MR) is 141 cm³/mol. The summed E-state index contributed by atoms with van der Waals surface area (Å²) in [6.45, 7) is 9.56. The van der Waals surface area contributed by atoms with Crippen molar-refractivity contribution in [3.63, 3.8) is 0 Å². The number of rotatable bonds is 4. The van der Waals surface area contributed by atoms with Crippen molar-refractivity contribution in [1.82, 2.24) is 0 Å². The van der Waals surface area contributed by atoms with Crippen LogP contribution in [-0.2, 0) is 23.9 Å². The van der Waals surface area contributed by atoms with Gasteiger partial charge in [-0.3, -0.25) is 9.59 Å². The first kappa shape index (κ1) is 27.9. The van der Waals surface area contributed by atoms with E-state index >= 15 is 0 Å². The third kappa shape index (κ3) is 3.78. The highest BCUT2D eigenvalue weighted by atomic mass is 35.5. The molecule has 0 aromatic rings. The van der Waals surface area contributed by atoms with Crippen LogP contribution in [0.4, 0.5) is 0 Å². The lowest BCUT2D eigenvalue weighted by molar-refractivity contribution is -0.171. The van der Waals surface area contributed by atoms with E-state index < -0.39 is 34.4 Å². The number of carbonyl (C=O) groups excluding carboxylic acids is 3. The third-order valence-corrected chi connectivity index (χ3v) is 12.4. The van der Waals surface area contributed by atoms with Gasteiger partial charge in [-0.25, -0.2) is 4.79 Å². The molecule has 0 radical (unpaired) electrons. The monoisotopic (exact) mass is 548 g/mol. The molecular formula is C30H41ClO7. The second-order valence-corrected chi connectivity index (χ2v) is 13.7.